The molecule has 1 aromatic rings. The smallest absolute Gasteiger partial charge is 0.114 e. The van der Waals surface area contributed by atoms with Crippen molar-refractivity contribution in [1.82, 2.24) is 4.31 Å². The Hall–Kier alpha value is -0.930. The van der Waals surface area contributed by atoms with Crippen molar-refractivity contribution >= 4 is 11.1 Å². The Morgan fingerprint density at radius 3 is 2.63 bits per heavy atom. The molecule has 1 aliphatic heterocycles. The third kappa shape index (κ3) is 4.02. The summed E-state index contributed by atoms with van der Waals surface area (Å²) in [6.45, 7) is 3.32. The van der Waals surface area contributed by atoms with Crippen molar-refractivity contribution in [3.8, 4) is 0 Å². The molecule has 0 aromatic heterocycles. The Morgan fingerprint density at radius 1 is 1.32 bits per heavy atom. The largest absolute Gasteiger partial charge is 0.497 e. The second-order valence-electron chi connectivity index (χ2n) is 5.29. The molecule has 0 radical (unpaired) electrons. The van der Waals surface area contributed by atoms with E-state index in [0.29, 0.717) is 12.1 Å². The molecule has 3 heteroatoms. The zero-order valence-electron chi connectivity index (χ0n) is 12.1. The number of ether oxygens (including phenoxy) is 1. The first kappa shape index (κ1) is 14.5. The Morgan fingerprint density at radius 2 is 2.05 bits per heavy atom. The molecular formula is C16H25NOS. The summed E-state index contributed by atoms with van der Waals surface area (Å²) >= 11 is -0.123. The lowest BCUT2D eigenvalue weighted by molar-refractivity contribution is 0.0651. The molecule has 0 bridgehead atoms. The highest BCUT2D eigenvalue weighted by Gasteiger charge is 2.26. The minimum atomic E-state index is -0.123. The zero-order chi connectivity index (χ0) is 13.7. The van der Waals surface area contributed by atoms with Gasteiger partial charge in [-0.1, -0.05) is 30.3 Å². The van der Waals surface area contributed by atoms with E-state index in [1.807, 2.05) is 6.26 Å². The Bertz CT molecular complexity index is 404. The average molecular weight is 279 g/mol. The molecule has 0 saturated carbocycles. The van der Waals surface area contributed by atoms with Gasteiger partial charge in [-0.3, -0.25) is 4.31 Å². The van der Waals surface area contributed by atoms with Gasteiger partial charge in [0.25, 0.3) is 0 Å². The highest BCUT2D eigenvalue weighted by Crippen LogP contribution is 2.31. The molecule has 0 saturated heterocycles. The molecule has 1 aliphatic rings. The van der Waals surface area contributed by atoms with Crippen LogP contribution in [0.4, 0.5) is 0 Å². The Kier molecular flexibility index (Phi) is 5.34. The van der Waals surface area contributed by atoms with Gasteiger partial charge in [0, 0.05) is 6.54 Å². The molecule has 0 amide bonds. The first-order valence-electron chi connectivity index (χ1n) is 6.97. The van der Waals surface area contributed by atoms with Crippen molar-refractivity contribution in [3.63, 3.8) is 0 Å². The van der Waals surface area contributed by atoms with E-state index in [9.17, 15) is 0 Å². The summed E-state index contributed by atoms with van der Waals surface area (Å²) in [5.74, 6) is 0. The van der Waals surface area contributed by atoms with E-state index in [0.717, 1.165) is 19.4 Å². The summed E-state index contributed by atoms with van der Waals surface area (Å²) in [4.78, 5) is 0. The highest BCUT2D eigenvalue weighted by molar-refractivity contribution is 8.13. The van der Waals surface area contributed by atoms with E-state index in [1.54, 1.807) is 0 Å². The van der Waals surface area contributed by atoms with Crippen molar-refractivity contribution in [2.45, 2.75) is 38.5 Å². The first-order chi connectivity index (χ1) is 9.18. The molecular weight excluding hydrogens is 254 g/mol. The lowest BCUT2D eigenvalue weighted by Gasteiger charge is -2.39. The maximum Gasteiger partial charge on any atom is 0.114 e. The molecule has 0 aliphatic carbocycles. The third-order valence-electron chi connectivity index (χ3n) is 3.68. The van der Waals surface area contributed by atoms with Gasteiger partial charge in [0.1, 0.15) is 6.10 Å². The van der Waals surface area contributed by atoms with Crippen molar-refractivity contribution in [1.29, 1.82) is 0 Å². The van der Waals surface area contributed by atoms with E-state index in [2.05, 4.69) is 60.1 Å². The van der Waals surface area contributed by atoms with Gasteiger partial charge in [0.05, 0.1) is 12.3 Å². The summed E-state index contributed by atoms with van der Waals surface area (Å²) in [6.07, 6.45) is 11.2. The van der Waals surface area contributed by atoms with Gasteiger partial charge >= 0.3 is 0 Å². The minimum absolute atomic E-state index is 0.123. The summed E-state index contributed by atoms with van der Waals surface area (Å²) < 4.78 is 8.39. The van der Waals surface area contributed by atoms with Crippen LogP contribution in [0.1, 0.15) is 25.3 Å². The number of allylic oxidation sites excluding steroid dienone is 1. The highest BCUT2D eigenvalue weighted by atomic mass is 32.2. The van der Waals surface area contributed by atoms with Gasteiger partial charge in [0.15, 0.2) is 0 Å². The van der Waals surface area contributed by atoms with Crippen LogP contribution in [-0.2, 0) is 11.3 Å². The molecule has 0 N–H and O–H groups in total. The number of nitrogens with zero attached hydrogens (tertiary/aromatic N) is 1. The first-order valence-corrected chi connectivity index (χ1v) is 9.15. The van der Waals surface area contributed by atoms with Crippen LogP contribution in [0.3, 0.4) is 0 Å². The van der Waals surface area contributed by atoms with Crippen molar-refractivity contribution in [3.05, 3.63) is 48.2 Å². The van der Waals surface area contributed by atoms with Gasteiger partial charge in [-0.15, -0.1) is 0 Å². The fourth-order valence-corrected chi connectivity index (χ4v) is 3.84. The van der Waals surface area contributed by atoms with E-state index >= 15 is 0 Å². The zero-order valence-corrected chi connectivity index (χ0v) is 13.0. The SMILES string of the molecule is CC(C1CCC=CO1)N(Cc1ccccc1)[SH](C)C. The molecule has 19 heavy (non-hydrogen) atoms. The topological polar surface area (TPSA) is 12.5 Å². The number of rotatable bonds is 5. The summed E-state index contributed by atoms with van der Waals surface area (Å²) in [7, 11) is 0. The maximum atomic E-state index is 5.80. The number of benzene rings is 1. The molecule has 2 unspecified atom stereocenters. The molecule has 2 atom stereocenters. The second kappa shape index (κ2) is 7.01. The van der Waals surface area contributed by atoms with Gasteiger partial charge in [0.2, 0.25) is 0 Å². The fraction of sp³-hybridized carbons (Fsp3) is 0.500. The van der Waals surface area contributed by atoms with Crippen LogP contribution in [0.25, 0.3) is 0 Å². The fourth-order valence-electron chi connectivity index (χ4n) is 2.52. The van der Waals surface area contributed by atoms with Crippen LogP contribution >= 0.6 is 11.1 Å². The van der Waals surface area contributed by atoms with Crippen LogP contribution < -0.4 is 0 Å². The standard InChI is InChI=1S/C16H25NOS/c1-14(16-11-7-8-12-18-16)17(19(2)3)13-15-9-5-4-6-10-15/h4-6,8-10,12,14,16,19H,7,11,13H2,1-3H3. The number of hydrogen-bond acceptors (Lipinski definition) is 2. The quantitative estimate of drug-likeness (QED) is 0.824. The van der Waals surface area contributed by atoms with Gasteiger partial charge in [-0.05, 0) is 43.9 Å². The minimum Gasteiger partial charge on any atom is -0.497 e. The second-order valence-corrected chi connectivity index (χ2v) is 7.50. The van der Waals surface area contributed by atoms with E-state index < -0.39 is 0 Å². The van der Waals surface area contributed by atoms with Crippen LogP contribution in [0, 0.1) is 0 Å². The van der Waals surface area contributed by atoms with E-state index in [-0.39, 0.29) is 11.1 Å². The molecule has 2 nitrogen and oxygen atoms in total. The van der Waals surface area contributed by atoms with E-state index in [1.165, 1.54) is 5.56 Å². The number of hydrogen-bond donors (Lipinski definition) is 1. The molecule has 0 fully saturated rings. The maximum absolute atomic E-state index is 5.80. The number of thiol groups is 1. The molecule has 2 rings (SSSR count). The normalized spacial score (nSPS) is 21.1. The Balaban J connectivity index is 2.04. The van der Waals surface area contributed by atoms with Crippen LogP contribution in [-0.4, -0.2) is 29.0 Å². The van der Waals surface area contributed by atoms with Crippen molar-refractivity contribution in [2.75, 3.05) is 12.5 Å². The predicted molar refractivity (Wildman–Crippen MR) is 85.5 cm³/mol. The molecule has 0 spiro atoms. The monoisotopic (exact) mass is 279 g/mol. The van der Waals surface area contributed by atoms with Crippen LogP contribution in [0.5, 0.6) is 0 Å². The Labute approximate surface area is 119 Å². The van der Waals surface area contributed by atoms with Crippen LogP contribution in [0.15, 0.2) is 42.7 Å². The summed E-state index contributed by atoms with van der Waals surface area (Å²) in [5, 5.41) is 0. The van der Waals surface area contributed by atoms with Crippen LogP contribution in [0.2, 0.25) is 0 Å². The summed E-state index contributed by atoms with van der Waals surface area (Å²) in [6, 6.07) is 11.2. The third-order valence-corrected chi connectivity index (χ3v) is 5.21. The predicted octanol–water partition coefficient (Wildman–Crippen LogP) is 3.75. The van der Waals surface area contributed by atoms with Gasteiger partial charge in [-0.25, -0.2) is 11.1 Å². The van der Waals surface area contributed by atoms with Crippen molar-refractivity contribution < 1.29 is 4.74 Å². The lowest BCUT2D eigenvalue weighted by atomic mass is 10.1. The van der Waals surface area contributed by atoms with Crippen molar-refractivity contribution in [2.24, 2.45) is 0 Å². The summed E-state index contributed by atoms with van der Waals surface area (Å²) in [5.41, 5.74) is 1.39. The lowest BCUT2D eigenvalue weighted by Crippen LogP contribution is -2.40. The van der Waals surface area contributed by atoms with Gasteiger partial charge in [-0.2, -0.15) is 0 Å². The molecule has 106 valence electrons. The van der Waals surface area contributed by atoms with E-state index in [4.69, 9.17) is 4.74 Å². The molecule has 1 heterocycles. The molecule has 1 aromatic carbocycles. The average Bonchev–Trinajstić information content (AvgIpc) is 2.46. The van der Waals surface area contributed by atoms with Gasteiger partial charge < -0.3 is 4.74 Å².